The molecule has 0 aliphatic carbocycles. The van der Waals surface area contributed by atoms with Crippen LogP contribution in [-0.4, -0.2) is 58.8 Å². The van der Waals surface area contributed by atoms with Gasteiger partial charge in [0.1, 0.15) is 17.1 Å². The summed E-state index contributed by atoms with van der Waals surface area (Å²) in [6.07, 6.45) is 0. The fourth-order valence-corrected chi connectivity index (χ4v) is 4.42. The molecular formula is C27H29FN4O6. The number of ether oxygens (including phenoxy) is 3. The first-order valence-electron chi connectivity index (χ1n) is 12.0. The maximum atomic E-state index is 13.8. The molecule has 11 heteroatoms. The van der Waals surface area contributed by atoms with Crippen LogP contribution in [0.5, 0.6) is 11.5 Å². The fourth-order valence-electron chi connectivity index (χ4n) is 4.42. The van der Waals surface area contributed by atoms with Crippen LogP contribution in [0.1, 0.15) is 46.0 Å². The molecule has 3 aromatic rings. The van der Waals surface area contributed by atoms with Gasteiger partial charge in [-0.25, -0.2) is 9.18 Å². The minimum absolute atomic E-state index is 0.0135. The summed E-state index contributed by atoms with van der Waals surface area (Å²) in [5, 5.41) is 7.11. The number of fused-ring (bicyclic) bond motifs is 1. The highest BCUT2D eigenvalue weighted by Crippen LogP contribution is 2.35. The van der Waals surface area contributed by atoms with E-state index in [2.05, 4.69) is 10.4 Å². The number of carbonyl (C=O) groups is 3. The molecule has 0 bridgehead atoms. The quantitative estimate of drug-likeness (QED) is 0.429. The van der Waals surface area contributed by atoms with Gasteiger partial charge < -0.3 is 24.4 Å². The molecule has 2 aromatic carbocycles. The van der Waals surface area contributed by atoms with Crippen molar-refractivity contribution in [2.75, 3.05) is 20.8 Å². The third-order valence-corrected chi connectivity index (χ3v) is 6.45. The smallest absolute Gasteiger partial charge is 0.358 e. The average molecular weight is 525 g/mol. The number of carbonyl (C=O) groups excluding carboxylic acids is 3. The highest BCUT2D eigenvalue weighted by molar-refractivity contribution is 6.01. The summed E-state index contributed by atoms with van der Waals surface area (Å²) in [7, 11) is 3.00. The van der Waals surface area contributed by atoms with E-state index in [9.17, 15) is 18.8 Å². The molecule has 0 saturated carbocycles. The number of halogens is 1. The summed E-state index contributed by atoms with van der Waals surface area (Å²) in [6.45, 7) is 3.57. The number of nitrogens with one attached hydrogen (secondary N) is 1. The molecule has 4 rings (SSSR count). The van der Waals surface area contributed by atoms with Crippen LogP contribution in [0.4, 0.5) is 4.39 Å². The summed E-state index contributed by atoms with van der Waals surface area (Å²) in [4.78, 5) is 41.2. The number of rotatable bonds is 9. The molecule has 1 atom stereocenters. The molecule has 1 aromatic heterocycles. The first-order valence-corrected chi connectivity index (χ1v) is 12.0. The maximum Gasteiger partial charge on any atom is 0.358 e. The Kier molecular flexibility index (Phi) is 7.65. The third kappa shape index (κ3) is 5.04. The van der Waals surface area contributed by atoms with Gasteiger partial charge in [0.25, 0.3) is 5.91 Å². The van der Waals surface area contributed by atoms with Gasteiger partial charge >= 0.3 is 5.97 Å². The van der Waals surface area contributed by atoms with Crippen molar-refractivity contribution in [1.29, 1.82) is 0 Å². The van der Waals surface area contributed by atoms with E-state index in [-0.39, 0.29) is 43.4 Å². The maximum absolute atomic E-state index is 13.8. The Hall–Kier alpha value is -4.41. The molecule has 1 aliphatic rings. The van der Waals surface area contributed by atoms with Gasteiger partial charge in [-0.1, -0.05) is 24.3 Å². The Bertz CT molecular complexity index is 1360. The van der Waals surface area contributed by atoms with Gasteiger partial charge in [0.05, 0.1) is 33.9 Å². The first kappa shape index (κ1) is 26.6. The predicted octanol–water partition coefficient (Wildman–Crippen LogP) is 2.95. The number of hydrogen-bond donors (Lipinski definition) is 1. The third-order valence-electron chi connectivity index (χ3n) is 6.45. The van der Waals surface area contributed by atoms with Crippen molar-refractivity contribution in [3.8, 4) is 11.5 Å². The van der Waals surface area contributed by atoms with Crippen LogP contribution < -0.4 is 14.8 Å². The number of nitrogens with zero attached hydrogens (tertiary/aromatic N) is 3. The van der Waals surface area contributed by atoms with Crippen LogP contribution in [0, 0.1) is 5.82 Å². The summed E-state index contributed by atoms with van der Waals surface area (Å²) >= 11 is 0. The molecule has 2 heterocycles. The van der Waals surface area contributed by atoms with Crippen LogP contribution >= 0.6 is 0 Å². The number of aromatic nitrogens is 2. The molecule has 0 fully saturated rings. The van der Waals surface area contributed by atoms with Gasteiger partial charge in [0, 0.05) is 18.2 Å². The molecule has 10 nitrogen and oxygen atoms in total. The lowest BCUT2D eigenvalue weighted by Gasteiger charge is -2.43. The van der Waals surface area contributed by atoms with Gasteiger partial charge in [-0.05, 0) is 37.6 Å². The summed E-state index contributed by atoms with van der Waals surface area (Å²) in [5.74, 6) is -1.08. The molecule has 0 saturated heterocycles. The zero-order valence-electron chi connectivity index (χ0n) is 21.6. The van der Waals surface area contributed by atoms with Crippen LogP contribution in [0.3, 0.4) is 0 Å². The normalized spacial score (nSPS) is 16.6. The first-order chi connectivity index (χ1) is 18.2. The zero-order chi connectivity index (χ0) is 27.4. The second kappa shape index (κ2) is 10.9. The second-order valence-electron chi connectivity index (χ2n) is 8.92. The van der Waals surface area contributed by atoms with Gasteiger partial charge in [-0.15, -0.1) is 0 Å². The van der Waals surface area contributed by atoms with Crippen molar-refractivity contribution in [2.24, 2.45) is 0 Å². The largest absolute Gasteiger partial charge is 0.493 e. The molecule has 1 N–H and O–H groups in total. The lowest BCUT2D eigenvalue weighted by Crippen LogP contribution is -2.63. The van der Waals surface area contributed by atoms with Gasteiger partial charge in [0.15, 0.2) is 17.2 Å². The Morgan fingerprint density at radius 1 is 1.13 bits per heavy atom. The summed E-state index contributed by atoms with van der Waals surface area (Å²) in [6, 6.07) is 12.4. The monoisotopic (exact) mass is 524 g/mol. The summed E-state index contributed by atoms with van der Waals surface area (Å²) < 4.78 is 30.6. The molecule has 0 radical (unpaired) electrons. The molecular weight excluding hydrogens is 495 g/mol. The van der Waals surface area contributed by atoms with Gasteiger partial charge in [-0.3, -0.25) is 14.3 Å². The number of para-hydroxylation sites is 1. The predicted molar refractivity (Wildman–Crippen MR) is 134 cm³/mol. The highest BCUT2D eigenvalue weighted by Gasteiger charge is 2.48. The van der Waals surface area contributed by atoms with E-state index in [1.165, 1.54) is 42.0 Å². The van der Waals surface area contributed by atoms with E-state index in [1.807, 2.05) is 0 Å². The minimum atomic E-state index is -1.41. The number of amides is 2. The van der Waals surface area contributed by atoms with Crippen LogP contribution in [-0.2, 0) is 29.2 Å². The number of methoxy groups -OCH3 is 2. The van der Waals surface area contributed by atoms with Crippen molar-refractivity contribution >= 4 is 17.8 Å². The molecule has 1 aliphatic heterocycles. The lowest BCUT2D eigenvalue weighted by molar-refractivity contribution is -0.133. The average Bonchev–Trinajstić information content (AvgIpc) is 3.34. The van der Waals surface area contributed by atoms with Crippen LogP contribution in [0.2, 0.25) is 0 Å². The fraction of sp³-hybridized carbons (Fsp3) is 0.333. The Morgan fingerprint density at radius 2 is 1.87 bits per heavy atom. The molecule has 200 valence electrons. The van der Waals surface area contributed by atoms with E-state index >= 15 is 0 Å². The lowest BCUT2D eigenvalue weighted by atomic mass is 9.93. The van der Waals surface area contributed by atoms with Crippen molar-refractivity contribution in [2.45, 2.75) is 39.0 Å². The van der Waals surface area contributed by atoms with Gasteiger partial charge in [-0.2, -0.15) is 5.10 Å². The number of esters is 1. The van der Waals surface area contributed by atoms with Crippen molar-refractivity contribution < 1.29 is 33.0 Å². The topological polar surface area (TPSA) is 112 Å². The molecule has 2 amide bonds. The van der Waals surface area contributed by atoms with E-state index in [1.54, 1.807) is 44.2 Å². The SMILES string of the molecule is CCOC(=O)c1cc2n(n1)C[C@](C)(C(=O)NCc1ccc(F)cc1)N(Cc1cccc(OC)c1OC)C2=O. The van der Waals surface area contributed by atoms with E-state index in [0.29, 0.717) is 22.6 Å². The van der Waals surface area contributed by atoms with E-state index in [0.717, 1.165) is 0 Å². The number of benzene rings is 2. The number of hydrogen-bond acceptors (Lipinski definition) is 7. The Morgan fingerprint density at radius 3 is 2.53 bits per heavy atom. The van der Waals surface area contributed by atoms with E-state index in [4.69, 9.17) is 14.2 Å². The van der Waals surface area contributed by atoms with Crippen molar-refractivity contribution in [3.05, 3.63) is 76.9 Å². The second-order valence-corrected chi connectivity index (χ2v) is 8.92. The summed E-state index contributed by atoms with van der Waals surface area (Å²) in [5.41, 5.74) is 0.0342. The minimum Gasteiger partial charge on any atom is -0.493 e. The highest BCUT2D eigenvalue weighted by atomic mass is 19.1. The Labute approximate surface area is 219 Å². The van der Waals surface area contributed by atoms with Crippen molar-refractivity contribution in [3.63, 3.8) is 0 Å². The zero-order valence-corrected chi connectivity index (χ0v) is 21.6. The van der Waals surface area contributed by atoms with Gasteiger partial charge in [0.2, 0.25) is 5.91 Å². The Balaban J connectivity index is 1.71. The van der Waals surface area contributed by atoms with Crippen molar-refractivity contribution in [1.82, 2.24) is 20.0 Å². The van der Waals surface area contributed by atoms with Crippen LogP contribution in [0.25, 0.3) is 0 Å². The molecule has 38 heavy (non-hydrogen) atoms. The van der Waals surface area contributed by atoms with E-state index < -0.39 is 23.3 Å². The molecule has 0 spiro atoms. The van der Waals surface area contributed by atoms with Crippen LogP contribution in [0.15, 0.2) is 48.5 Å². The standard InChI is InChI=1S/C27H29FN4O6/c1-5-38-25(34)20-13-21-24(33)31(15-18-7-6-8-22(36-3)23(18)37-4)27(2,16-32(21)30-20)26(35)29-14-17-9-11-19(28)12-10-17/h6-13H,5,14-16H2,1-4H3,(H,29,35)/t27-/m1/s1. The molecule has 0 unspecified atom stereocenters.